The molecule has 2 rings (SSSR count). The largest absolute Gasteiger partial charge is 0.306 e. The lowest BCUT2D eigenvalue weighted by molar-refractivity contribution is 0.224. The summed E-state index contributed by atoms with van der Waals surface area (Å²) in [7, 11) is 2.22. The summed E-state index contributed by atoms with van der Waals surface area (Å²) in [6.07, 6.45) is 2.81. The van der Waals surface area contributed by atoms with E-state index in [0.717, 1.165) is 19.0 Å². The first-order valence-corrected chi connectivity index (χ1v) is 8.11. The molecule has 1 heterocycles. The Bertz CT molecular complexity index is 404. The van der Waals surface area contributed by atoms with Gasteiger partial charge in [0.1, 0.15) is 5.01 Å². The molecule has 1 aromatic heterocycles. The Hall–Kier alpha value is -0.450. The number of hydrogen-bond donors (Lipinski definition) is 1. The molecule has 0 radical (unpaired) electrons. The van der Waals surface area contributed by atoms with Gasteiger partial charge in [-0.15, -0.1) is 11.3 Å². The van der Waals surface area contributed by atoms with E-state index < -0.39 is 0 Å². The summed E-state index contributed by atoms with van der Waals surface area (Å²) in [6, 6.07) is 0.692. The molecule has 0 amide bonds. The lowest BCUT2D eigenvalue weighted by Gasteiger charge is -2.23. The van der Waals surface area contributed by atoms with E-state index in [0.29, 0.717) is 6.04 Å². The van der Waals surface area contributed by atoms with Gasteiger partial charge in [-0.2, -0.15) is 0 Å². The highest BCUT2D eigenvalue weighted by atomic mass is 32.1. The molecule has 1 aliphatic rings. The predicted molar refractivity (Wildman–Crippen MR) is 82.4 cm³/mol. The Morgan fingerprint density at radius 2 is 2.16 bits per heavy atom. The molecule has 0 aromatic carbocycles. The third-order valence-electron chi connectivity index (χ3n) is 3.78. The average Bonchev–Trinajstić information content (AvgIpc) is 3.06. The molecule has 1 aromatic rings. The van der Waals surface area contributed by atoms with Crippen molar-refractivity contribution in [1.29, 1.82) is 0 Å². The zero-order chi connectivity index (χ0) is 14.0. The van der Waals surface area contributed by atoms with Crippen molar-refractivity contribution in [3.8, 4) is 0 Å². The topological polar surface area (TPSA) is 28.2 Å². The number of nitrogens with zero attached hydrogens (tertiary/aromatic N) is 2. The van der Waals surface area contributed by atoms with Gasteiger partial charge in [-0.3, -0.25) is 4.90 Å². The van der Waals surface area contributed by atoms with Crippen LogP contribution in [0.15, 0.2) is 5.38 Å². The van der Waals surface area contributed by atoms with Gasteiger partial charge in [0.25, 0.3) is 0 Å². The summed E-state index contributed by atoms with van der Waals surface area (Å²) in [5.41, 5.74) is 1.37. The molecular weight excluding hydrogens is 254 g/mol. The number of nitrogens with one attached hydrogen (secondary N) is 1. The lowest BCUT2D eigenvalue weighted by atomic mass is 10.1. The number of rotatable bonds is 6. The second kappa shape index (κ2) is 5.90. The molecular formula is C15H27N3S. The lowest BCUT2D eigenvalue weighted by Crippen LogP contribution is -2.35. The van der Waals surface area contributed by atoms with Gasteiger partial charge >= 0.3 is 0 Å². The Kier molecular flexibility index (Phi) is 4.64. The summed E-state index contributed by atoms with van der Waals surface area (Å²) < 4.78 is 0. The highest BCUT2D eigenvalue weighted by Gasteiger charge is 2.30. The van der Waals surface area contributed by atoms with Crippen molar-refractivity contribution < 1.29 is 0 Å². The van der Waals surface area contributed by atoms with Crippen molar-refractivity contribution in [3.63, 3.8) is 0 Å². The maximum atomic E-state index is 4.73. The van der Waals surface area contributed by atoms with Gasteiger partial charge in [0, 0.05) is 30.1 Å². The second-order valence-electron chi connectivity index (χ2n) is 6.83. The second-order valence-corrected chi connectivity index (χ2v) is 7.77. The van der Waals surface area contributed by atoms with Crippen molar-refractivity contribution in [1.82, 2.24) is 15.2 Å². The number of hydrogen-bond acceptors (Lipinski definition) is 4. The van der Waals surface area contributed by atoms with E-state index in [1.165, 1.54) is 23.5 Å². The van der Waals surface area contributed by atoms with Gasteiger partial charge in [-0.05, 0) is 53.5 Å². The van der Waals surface area contributed by atoms with Crippen LogP contribution >= 0.6 is 11.3 Å². The third-order valence-corrected chi connectivity index (χ3v) is 4.68. The maximum Gasteiger partial charge on any atom is 0.107 e. The fourth-order valence-electron chi connectivity index (χ4n) is 2.18. The summed E-state index contributed by atoms with van der Waals surface area (Å²) in [5, 5.41) is 6.89. The molecule has 108 valence electrons. The Labute approximate surface area is 121 Å². The smallest absolute Gasteiger partial charge is 0.107 e. The predicted octanol–water partition coefficient (Wildman–Crippen LogP) is 3.26. The zero-order valence-electron chi connectivity index (χ0n) is 12.9. The Morgan fingerprint density at radius 3 is 2.74 bits per heavy atom. The quantitative estimate of drug-likeness (QED) is 0.867. The summed E-state index contributed by atoms with van der Waals surface area (Å²) in [5.74, 6) is 0.922. The van der Waals surface area contributed by atoms with Gasteiger partial charge in [0.15, 0.2) is 0 Å². The van der Waals surface area contributed by atoms with E-state index in [9.17, 15) is 0 Å². The number of aromatic nitrogens is 1. The van der Waals surface area contributed by atoms with Gasteiger partial charge in [0.2, 0.25) is 0 Å². The molecule has 1 unspecified atom stereocenters. The molecule has 0 bridgehead atoms. The van der Waals surface area contributed by atoms with Crippen LogP contribution < -0.4 is 5.32 Å². The molecule has 1 atom stereocenters. The molecule has 4 heteroatoms. The van der Waals surface area contributed by atoms with Crippen LogP contribution in [0.4, 0.5) is 0 Å². The van der Waals surface area contributed by atoms with E-state index >= 15 is 0 Å². The highest BCUT2D eigenvalue weighted by molar-refractivity contribution is 7.09. The average molecular weight is 281 g/mol. The molecule has 1 aliphatic carbocycles. The minimum Gasteiger partial charge on any atom is -0.306 e. The first kappa shape index (κ1) is 14.9. The first-order chi connectivity index (χ1) is 8.85. The molecule has 0 aliphatic heterocycles. The molecule has 3 nitrogen and oxygen atoms in total. The van der Waals surface area contributed by atoms with E-state index in [2.05, 4.69) is 50.3 Å². The van der Waals surface area contributed by atoms with Crippen LogP contribution in [0.2, 0.25) is 0 Å². The van der Waals surface area contributed by atoms with Gasteiger partial charge in [-0.25, -0.2) is 4.98 Å². The van der Waals surface area contributed by atoms with Gasteiger partial charge < -0.3 is 5.32 Å². The van der Waals surface area contributed by atoms with Crippen LogP contribution in [0.3, 0.4) is 0 Å². The van der Waals surface area contributed by atoms with E-state index in [-0.39, 0.29) is 5.54 Å². The molecule has 1 saturated carbocycles. The first-order valence-electron chi connectivity index (χ1n) is 7.24. The van der Waals surface area contributed by atoms with Crippen LogP contribution in [0.25, 0.3) is 0 Å². The van der Waals surface area contributed by atoms with Crippen molar-refractivity contribution in [2.24, 2.45) is 5.92 Å². The number of thiazole rings is 1. The monoisotopic (exact) mass is 281 g/mol. The normalized spacial score (nSPS) is 18.0. The minimum atomic E-state index is 0.156. The van der Waals surface area contributed by atoms with Crippen molar-refractivity contribution in [3.05, 3.63) is 16.1 Å². The third kappa shape index (κ3) is 4.86. The highest BCUT2D eigenvalue weighted by Crippen LogP contribution is 2.35. The van der Waals surface area contributed by atoms with Gasteiger partial charge in [0.05, 0.1) is 5.69 Å². The summed E-state index contributed by atoms with van der Waals surface area (Å²) in [4.78, 5) is 7.17. The molecule has 1 N–H and O–H groups in total. The Balaban J connectivity index is 1.83. The molecule has 0 saturated heterocycles. The SMILES string of the molecule is CC(C1CC1)N(C)Cc1csc(CNC(C)(C)C)n1. The maximum absolute atomic E-state index is 4.73. The van der Waals surface area contributed by atoms with Crippen molar-refractivity contribution >= 4 is 11.3 Å². The fourth-order valence-corrected chi connectivity index (χ4v) is 2.91. The van der Waals surface area contributed by atoms with E-state index in [1.807, 2.05) is 0 Å². The van der Waals surface area contributed by atoms with Crippen LogP contribution in [-0.4, -0.2) is 28.5 Å². The van der Waals surface area contributed by atoms with Crippen LogP contribution in [0, 0.1) is 5.92 Å². The minimum absolute atomic E-state index is 0.156. The van der Waals surface area contributed by atoms with Crippen LogP contribution in [0.1, 0.15) is 51.2 Å². The summed E-state index contributed by atoms with van der Waals surface area (Å²) >= 11 is 1.77. The molecule has 0 spiro atoms. The van der Waals surface area contributed by atoms with Crippen LogP contribution in [0.5, 0.6) is 0 Å². The zero-order valence-corrected chi connectivity index (χ0v) is 13.7. The van der Waals surface area contributed by atoms with Crippen molar-refractivity contribution in [2.45, 2.75) is 65.2 Å². The molecule has 1 fully saturated rings. The van der Waals surface area contributed by atoms with E-state index in [1.54, 1.807) is 11.3 Å². The fraction of sp³-hybridized carbons (Fsp3) is 0.800. The van der Waals surface area contributed by atoms with E-state index in [4.69, 9.17) is 4.98 Å². The summed E-state index contributed by atoms with van der Waals surface area (Å²) in [6.45, 7) is 10.7. The Morgan fingerprint density at radius 1 is 1.47 bits per heavy atom. The standard InChI is InChI=1S/C15H27N3S/c1-11(12-6-7-12)18(5)9-13-10-19-14(17-13)8-16-15(2,3)4/h10-12,16H,6-9H2,1-5H3. The van der Waals surface area contributed by atoms with Gasteiger partial charge in [-0.1, -0.05) is 0 Å². The molecule has 19 heavy (non-hydrogen) atoms. The van der Waals surface area contributed by atoms with Crippen LogP contribution in [-0.2, 0) is 13.1 Å². The van der Waals surface area contributed by atoms with Crippen molar-refractivity contribution in [2.75, 3.05) is 7.05 Å².